The van der Waals surface area contributed by atoms with Gasteiger partial charge >= 0.3 is 0 Å². The molecule has 0 aromatic heterocycles. The third kappa shape index (κ3) is 3.97. The van der Waals surface area contributed by atoms with Crippen LogP contribution in [0.4, 0.5) is 0 Å². The van der Waals surface area contributed by atoms with E-state index in [0.29, 0.717) is 6.54 Å². The molecule has 2 aromatic carbocycles. The second kappa shape index (κ2) is 7.09. The molecule has 2 N–H and O–H groups in total. The highest BCUT2D eigenvalue weighted by atomic mass is 16.5. The van der Waals surface area contributed by atoms with Crippen LogP contribution in [0.5, 0.6) is 5.75 Å². The zero-order chi connectivity index (χ0) is 16.2. The van der Waals surface area contributed by atoms with Gasteiger partial charge in [-0.25, -0.2) is 0 Å². The van der Waals surface area contributed by atoms with Crippen LogP contribution in [0.15, 0.2) is 36.4 Å². The maximum absolute atomic E-state index is 9.39. The van der Waals surface area contributed by atoms with Crippen LogP contribution in [-0.4, -0.2) is 49.0 Å². The van der Waals surface area contributed by atoms with Gasteiger partial charge in [0.2, 0.25) is 0 Å². The highest BCUT2D eigenvalue weighted by Gasteiger charge is 2.24. The summed E-state index contributed by atoms with van der Waals surface area (Å²) >= 11 is 0. The van der Waals surface area contributed by atoms with Gasteiger partial charge in [0.1, 0.15) is 5.75 Å². The van der Waals surface area contributed by atoms with Gasteiger partial charge in [-0.1, -0.05) is 25.1 Å². The van der Waals surface area contributed by atoms with Crippen molar-refractivity contribution >= 4 is 10.8 Å². The molecule has 0 unspecified atom stereocenters. The predicted octanol–water partition coefficient (Wildman–Crippen LogP) is 2.27. The average molecular weight is 303 g/mol. The first-order chi connectivity index (χ1) is 10.5. The minimum absolute atomic E-state index is 0.0225. The van der Waals surface area contributed by atoms with Crippen LogP contribution in [-0.2, 0) is 6.54 Å². The molecule has 0 bridgehead atoms. The molecule has 0 amide bonds. The zero-order valence-corrected chi connectivity index (χ0v) is 13.5. The molecule has 0 fully saturated rings. The lowest BCUT2D eigenvalue weighted by atomic mass is 9.92. The molecule has 0 spiro atoms. The molecule has 0 saturated carbocycles. The summed E-state index contributed by atoms with van der Waals surface area (Å²) in [5.74, 6) is 0.860. The summed E-state index contributed by atoms with van der Waals surface area (Å²) in [7, 11) is 3.67. The fraction of sp³-hybridized carbons (Fsp3) is 0.444. The Hall–Kier alpha value is -1.62. The molecule has 0 radical (unpaired) electrons. The van der Waals surface area contributed by atoms with Crippen LogP contribution in [0.2, 0.25) is 0 Å². The molecule has 4 nitrogen and oxygen atoms in total. The standard InChI is InChI=1S/C18H25NO3/c1-18(12-20,13-21)11-19(2)10-14-4-5-16-9-17(22-3)7-6-15(16)8-14/h4-9,20-21H,10-13H2,1-3H3. The Morgan fingerprint density at radius 1 is 1.05 bits per heavy atom. The molecule has 2 aromatic rings. The van der Waals surface area contributed by atoms with Crippen LogP contribution in [0.3, 0.4) is 0 Å². The summed E-state index contributed by atoms with van der Waals surface area (Å²) < 4.78 is 5.24. The number of aliphatic hydroxyl groups excluding tert-OH is 2. The van der Waals surface area contributed by atoms with Crippen LogP contribution < -0.4 is 4.74 Å². The van der Waals surface area contributed by atoms with E-state index in [1.54, 1.807) is 7.11 Å². The lowest BCUT2D eigenvalue weighted by Crippen LogP contribution is -2.38. The summed E-state index contributed by atoms with van der Waals surface area (Å²) in [5, 5.41) is 21.1. The normalized spacial score (nSPS) is 12.1. The maximum Gasteiger partial charge on any atom is 0.119 e. The Kier molecular flexibility index (Phi) is 5.40. The number of hydrogen-bond donors (Lipinski definition) is 2. The molecule has 0 aliphatic heterocycles. The van der Waals surface area contributed by atoms with Crippen LogP contribution in [0.25, 0.3) is 10.8 Å². The Bertz CT molecular complexity index is 623. The minimum atomic E-state index is -0.473. The second-order valence-electron chi connectivity index (χ2n) is 6.35. The highest BCUT2D eigenvalue weighted by molar-refractivity contribution is 5.84. The largest absolute Gasteiger partial charge is 0.497 e. The zero-order valence-electron chi connectivity index (χ0n) is 13.5. The van der Waals surface area contributed by atoms with Crippen molar-refractivity contribution in [3.8, 4) is 5.75 Å². The van der Waals surface area contributed by atoms with Gasteiger partial charge in [0.05, 0.1) is 20.3 Å². The summed E-state index contributed by atoms with van der Waals surface area (Å²) in [4.78, 5) is 2.12. The molecule has 2 rings (SSSR count). The van der Waals surface area contributed by atoms with E-state index in [1.807, 2.05) is 26.1 Å². The quantitative estimate of drug-likeness (QED) is 0.824. The Labute approximate surface area is 131 Å². The van der Waals surface area contributed by atoms with Gasteiger partial charge in [-0.3, -0.25) is 0 Å². The van der Waals surface area contributed by atoms with Crippen molar-refractivity contribution in [3.63, 3.8) is 0 Å². The number of methoxy groups -OCH3 is 1. The van der Waals surface area contributed by atoms with Gasteiger partial charge in [-0.15, -0.1) is 0 Å². The Morgan fingerprint density at radius 3 is 2.32 bits per heavy atom. The topological polar surface area (TPSA) is 52.9 Å². The van der Waals surface area contributed by atoms with Crippen molar-refractivity contribution in [1.82, 2.24) is 4.90 Å². The molecular weight excluding hydrogens is 278 g/mol. The van der Waals surface area contributed by atoms with Gasteiger partial charge < -0.3 is 19.8 Å². The van der Waals surface area contributed by atoms with Crippen LogP contribution >= 0.6 is 0 Å². The van der Waals surface area contributed by atoms with Crippen molar-refractivity contribution in [1.29, 1.82) is 0 Å². The van der Waals surface area contributed by atoms with Gasteiger partial charge in [-0.05, 0) is 41.6 Å². The predicted molar refractivity (Wildman–Crippen MR) is 89.1 cm³/mol. The van der Waals surface area contributed by atoms with Gasteiger partial charge in [-0.2, -0.15) is 0 Å². The van der Waals surface area contributed by atoms with Crippen LogP contribution in [0.1, 0.15) is 12.5 Å². The van der Waals surface area contributed by atoms with Crippen molar-refractivity contribution in [3.05, 3.63) is 42.0 Å². The third-order valence-corrected chi connectivity index (χ3v) is 3.98. The van der Waals surface area contributed by atoms with Crippen molar-refractivity contribution < 1.29 is 14.9 Å². The van der Waals surface area contributed by atoms with E-state index >= 15 is 0 Å². The number of rotatable bonds is 7. The fourth-order valence-corrected chi connectivity index (χ4v) is 2.67. The number of ether oxygens (including phenoxy) is 1. The van der Waals surface area contributed by atoms with Crippen molar-refractivity contribution in [2.45, 2.75) is 13.5 Å². The molecule has 120 valence electrons. The first kappa shape index (κ1) is 16.7. The number of benzene rings is 2. The minimum Gasteiger partial charge on any atom is -0.497 e. The monoisotopic (exact) mass is 303 g/mol. The first-order valence-electron chi connectivity index (χ1n) is 7.46. The average Bonchev–Trinajstić information content (AvgIpc) is 2.54. The van der Waals surface area contributed by atoms with E-state index in [4.69, 9.17) is 4.74 Å². The van der Waals surface area contributed by atoms with Gasteiger partial charge in [0, 0.05) is 18.5 Å². The fourth-order valence-electron chi connectivity index (χ4n) is 2.67. The molecule has 0 heterocycles. The smallest absolute Gasteiger partial charge is 0.119 e. The third-order valence-electron chi connectivity index (χ3n) is 3.98. The van der Waals surface area contributed by atoms with E-state index in [9.17, 15) is 10.2 Å². The van der Waals surface area contributed by atoms with Crippen LogP contribution in [0, 0.1) is 5.41 Å². The molecular formula is C18H25NO3. The number of nitrogens with zero attached hydrogens (tertiary/aromatic N) is 1. The first-order valence-corrected chi connectivity index (χ1v) is 7.46. The molecule has 0 aliphatic carbocycles. The lowest BCUT2D eigenvalue weighted by Gasteiger charge is -2.30. The summed E-state index contributed by atoms with van der Waals surface area (Å²) in [6.07, 6.45) is 0. The van der Waals surface area contributed by atoms with Crippen molar-refractivity contribution in [2.75, 3.05) is 33.9 Å². The van der Waals surface area contributed by atoms with E-state index in [0.717, 1.165) is 17.7 Å². The van der Waals surface area contributed by atoms with Crippen molar-refractivity contribution in [2.24, 2.45) is 5.41 Å². The lowest BCUT2D eigenvalue weighted by molar-refractivity contribution is 0.0402. The highest BCUT2D eigenvalue weighted by Crippen LogP contribution is 2.23. The number of aliphatic hydroxyl groups is 2. The molecule has 22 heavy (non-hydrogen) atoms. The summed E-state index contributed by atoms with van der Waals surface area (Å²) in [6.45, 7) is 3.26. The molecule has 0 atom stereocenters. The molecule has 0 aliphatic rings. The number of fused-ring (bicyclic) bond motifs is 1. The molecule has 0 saturated heterocycles. The maximum atomic E-state index is 9.39. The second-order valence-corrected chi connectivity index (χ2v) is 6.35. The SMILES string of the molecule is COc1ccc2cc(CN(C)CC(C)(CO)CO)ccc2c1. The summed E-state index contributed by atoms with van der Waals surface area (Å²) in [6, 6.07) is 12.4. The van der Waals surface area contributed by atoms with Gasteiger partial charge in [0.25, 0.3) is 0 Å². The van der Waals surface area contributed by atoms with Gasteiger partial charge in [0.15, 0.2) is 0 Å². The van der Waals surface area contributed by atoms with E-state index in [2.05, 4.69) is 29.2 Å². The van der Waals surface area contributed by atoms with E-state index < -0.39 is 5.41 Å². The van der Waals surface area contributed by atoms with E-state index in [1.165, 1.54) is 10.9 Å². The Morgan fingerprint density at radius 2 is 1.68 bits per heavy atom. The number of hydrogen-bond acceptors (Lipinski definition) is 4. The van der Waals surface area contributed by atoms with E-state index in [-0.39, 0.29) is 13.2 Å². The summed E-state index contributed by atoms with van der Waals surface area (Å²) in [5.41, 5.74) is 0.734. The Balaban J connectivity index is 2.11. The molecule has 4 heteroatoms.